The molecular weight excluding hydrogens is 274 g/mol. The Morgan fingerprint density at radius 2 is 1.68 bits per heavy atom. The number of nitrogens with one attached hydrogen (secondary N) is 2. The van der Waals surface area contributed by atoms with Gasteiger partial charge in [-0.2, -0.15) is 0 Å². The third kappa shape index (κ3) is 3.72. The lowest BCUT2D eigenvalue weighted by molar-refractivity contribution is 0.102. The highest BCUT2D eigenvalue weighted by Gasteiger charge is 2.13. The predicted molar refractivity (Wildman–Crippen MR) is 89.0 cm³/mol. The average molecular weight is 295 g/mol. The third-order valence-electron chi connectivity index (χ3n) is 3.91. The molecule has 0 saturated carbocycles. The molecule has 0 aliphatic carbocycles. The Hall–Kier alpha value is -2.17. The standard InChI is InChI=1S/C18H21N3O/c22-18(15-6-2-1-3-7-15)20-17-9-5-4-8-16(17)14-21-12-10-19-11-13-21/h1-9,19H,10-14H2,(H,20,22). The Labute approximate surface area is 131 Å². The number of rotatable bonds is 4. The molecule has 0 aromatic heterocycles. The maximum Gasteiger partial charge on any atom is 0.255 e. The van der Waals surface area contributed by atoms with Gasteiger partial charge in [-0.3, -0.25) is 9.69 Å². The monoisotopic (exact) mass is 295 g/mol. The van der Waals surface area contributed by atoms with Crippen LogP contribution in [0.15, 0.2) is 54.6 Å². The fourth-order valence-corrected chi connectivity index (χ4v) is 2.67. The first kappa shape index (κ1) is 14.8. The zero-order valence-corrected chi connectivity index (χ0v) is 12.6. The van der Waals surface area contributed by atoms with Crippen molar-refractivity contribution in [1.29, 1.82) is 0 Å². The van der Waals surface area contributed by atoms with E-state index in [1.54, 1.807) is 0 Å². The van der Waals surface area contributed by atoms with Crippen LogP contribution in [-0.2, 0) is 6.54 Å². The van der Waals surface area contributed by atoms with Crippen molar-refractivity contribution in [1.82, 2.24) is 10.2 Å². The van der Waals surface area contributed by atoms with E-state index in [1.807, 2.05) is 48.5 Å². The maximum absolute atomic E-state index is 12.3. The molecule has 3 rings (SSSR count). The molecule has 1 heterocycles. The number of nitrogens with zero attached hydrogens (tertiary/aromatic N) is 1. The van der Waals surface area contributed by atoms with Crippen molar-refractivity contribution in [2.75, 3.05) is 31.5 Å². The molecule has 0 radical (unpaired) electrons. The van der Waals surface area contributed by atoms with E-state index in [9.17, 15) is 4.79 Å². The molecule has 22 heavy (non-hydrogen) atoms. The fraction of sp³-hybridized carbons (Fsp3) is 0.278. The van der Waals surface area contributed by atoms with Crippen LogP contribution in [0.5, 0.6) is 0 Å². The summed E-state index contributed by atoms with van der Waals surface area (Å²) in [6.07, 6.45) is 0. The summed E-state index contributed by atoms with van der Waals surface area (Å²) in [5.74, 6) is -0.0617. The van der Waals surface area contributed by atoms with E-state index in [0.29, 0.717) is 5.56 Å². The summed E-state index contributed by atoms with van der Waals surface area (Å²) >= 11 is 0. The Morgan fingerprint density at radius 3 is 2.45 bits per heavy atom. The lowest BCUT2D eigenvalue weighted by Gasteiger charge is -2.28. The summed E-state index contributed by atoms with van der Waals surface area (Å²) in [5, 5.41) is 6.39. The molecule has 1 aliphatic rings. The lowest BCUT2D eigenvalue weighted by atomic mass is 10.1. The molecule has 0 spiro atoms. The van der Waals surface area contributed by atoms with E-state index < -0.39 is 0 Å². The van der Waals surface area contributed by atoms with Gasteiger partial charge in [-0.05, 0) is 23.8 Å². The van der Waals surface area contributed by atoms with Crippen molar-refractivity contribution in [2.45, 2.75) is 6.54 Å². The van der Waals surface area contributed by atoms with Crippen molar-refractivity contribution in [3.05, 3.63) is 65.7 Å². The summed E-state index contributed by atoms with van der Waals surface area (Å²) in [4.78, 5) is 14.7. The molecular formula is C18H21N3O. The molecule has 2 aromatic carbocycles. The minimum absolute atomic E-state index is 0.0617. The number of amides is 1. The Balaban J connectivity index is 1.72. The van der Waals surface area contributed by atoms with Gasteiger partial charge < -0.3 is 10.6 Å². The number of carbonyl (C=O) groups is 1. The third-order valence-corrected chi connectivity index (χ3v) is 3.91. The number of benzene rings is 2. The van der Waals surface area contributed by atoms with Crippen LogP contribution in [0.3, 0.4) is 0 Å². The first-order chi connectivity index (χ1) is 10.8. The molecule has 0 bridgehead atoms. The summed E-state index contributed by atoms with van der Waals surface area (Å²) < 4.78 is 0. The molecule has 114 valence electrons. The van der Waals surface area contributed by atoms with Crippen LogP contribution in [0.1, 0.15) is 15.9 Å². The molecule has 1 fully saturated rings. The second-order valence-corrected chi connectivity index (χ2v) is 5.50. The van der Waals surface area contributed by atoms with Crippen LogP contribution in [0.25, 0.3) is 0 Å². The van der Waals surface area contributed by atoms with E-state index in [1.165, 1.54) is 0 Å². The number of hydrogen-bond acceptors (Lipinski definition) is 3. The second-order valence-electron chi connectivity index (χ2n) is 5.50. The molecule has 1 aliphatic heterocycles. The van der Waals surface area contributed by atoms with Gasteiger partial charge in [0.25, 0.3) is 5.91 Å². The number of hydrogen-bond donors (Lipinski definition) is 2. The highest BCUT2D eigenvalue weighted by atomic mass is 16.1. The van der Waals surface area contributed by atoms with Crippen molar-refractivity contribution in [2.24, 2.45) is 0 Å². The maximum atomic E-state index is 12.3. The van der Waals surface area contributed by atoms with Crippen molar-refractivity contribution >= 4 is 11.6 Å². The van der Waals surface area contributed by atoms with Gasteiger partial charge in [-0.25, -0.2) is 0 Å². The van der Waals surface area contributed by atoms with Gasteiger partial charge in [0.05, 0.1) is 0 Å². The van der Waals surface area contributed by atoms with Crippen LogP contribution in [0.2, 0.25) is 0 Å². The number of carbonyl (C=O) groups excluding carboxylic acids is 1. The SMILES string of the molecule is O=C(Nc1ccccc1CN1CCNCC1)c1ccccc1. The minimum atomic E-state index is -0.0617. The summed E-state index contributed by atoms with van der Waals surface area (Å²) in [7, 11) is 0. The minimum Gasteiger partial charge on any atom is -0.322 e. The van der Waals surface area contributed by atoms with E-state index in [-0.39, 0.29) is 5.91 Å². The zero-order valence-electron chi connectivity index (χ0n) is 12.6. The van der Waals surface area contributed by atoms with E-state index >= 15 is 0 Å². The first-order valence-corrected chi connectivity index (χ1v) is 7.70. The molecule has 4 nitrogen and oxygen atoms in total. The van der Waals surface area contributed by atoms with E-state index in [0.717, 1.165) is 44.0 Å². The van der Waals surface area contributed by atoms with Crippen molar-refractivity contribution in [3.63, 3.8) is 0 Å². The van der Waals surface area contributed by atoms with Crippen LogP contribution >= 0.6 is 0 Å². The number of anilines is 1. The van der Waals surface area contributed by atoms with Gasteiger partial charge in [-0.15, -0.1) is 0 Å². The summed E-state index contributed by atoms with van der Waals surface area (Å²) in [6.45, 7) is 5.01. The van der Waals surface area contributed by atoms with E-state index in [4.69, 9.17) is 0 Å². The van der Waals surface area contributed by atoms with Gasteiger partial charge in [0.1, 0.15) is 0 Å². The van der Waals surface area contributed by atoms with Gasteiger partial charge in [-0.1, -0.05) is 36.4 Å². The molecule has 1 amide bonds. The molecule has 0 unspecified atom stereocenters. The normalized spacial score (nSPS) is 15.5. The molecule has 1 saturated heterocycles. The topological polar surface area (TPSA) is 44.4 Å². The quantitative estimate of drug-likeness (QED) is 0.910. The molecule has 4 heteroatoms. The Kier molecular flexibility index (Phi) is 4.83. The highest BCUT2D eigenvalue weighted by Crippen LogP contribution is 2.18. The number of para-hydroxylation sites is 1. The van der Waals surface area contributed by atoms with Crippen LogP contribution in [-0.4, -0.2) is 37.0 Å². The molecule has 2 aromatic rings. The van der Waals surface area contributed by atoms with Crippen LogP contribution in [0.4, 0.5) is 5.69 Å². The smallest absolute Gasteiger partial charge is 0.255 e. The van der Waals surface area contributed by atoms with Crippen molar-refractivity contribution < 1.29 is 4.79 Å². The summed E-state index contributed by atoms with van der Waals surface area (Å²) in [6, 6.07) is 17.4. The lowest BCUT2D eigenvalue weighted by Crippen LogP contribution is -2.43. The van der Waals surface area contributed by atoms with Gasteiger partial charge in [0, 0.05) is 44.0 Å². The highest BCUT2D eigenvalue weighted by molar-refractivity contribution is 6.04. The average Bonchev–Trinajstić information content (AvgIpc) is 2.58. The molecule has 2 N–H and O–H groups in total. The van der Waals surface area contributed by atoms with Crippen molar-refractivity contribution in [3.8, 4) is 0 Å². The second kappa shape index (κ2) is 7.20. The number of piperazine rings is 1. The van der Waals surface area contributed by atoms with Crippen LogP contribution in [0, 0.1) is 0 Å². The Bertz CT molecular complexity index is 621. The van der Waals surface area contributed by atoms with Crippen LogP contribution < -0.4 is 10.6 Å². The van der Waals surface area contributed by atoms with Gasteiger partial charge >= 0.3 is 0 Å². The summed E-state index contributed by atoms with van der Waals surface area (Å²) in [5.41, 5.74) is 2.74. The molecule has 0 atom stereocenters. The first-order valence-electron chi connectivity index (χ1n) is 7.70. The van der Waals surface area contributed by atoms with E-state index in [2.05, 4.69) is 21.6 Å². The predicted octanol–water partition coefficient (Wildman–Crippen LogP) is 2.34. The van der Waals surface area contributed by atoms with Gasteiger partial charge in [0.2, 0.25) is 0 Å². The Morgan fingerprint density at radius 1 is 1.00 bits per heavy atom. The largest absolute Gasteiger partial charge is 0.322 e. The van der Waals surface area contributed by atoms with Gasteiger partial charge in [0.15, 0.2) is 0 Å². The zero-order chi connectivity index (χ0) is 15.2. The fourth-order valence-electron chi connectivity index (χ4n) is 2.67.